The molecule has 0 bridgehead atoms. The minimum Gasteiger partial charge on any atom is -0.267 e. The van der Waals surface area contributed by atoms with Gasteiger partial charge in [0, 0.05) is 9.13 Å². The fourth-order valence-electron chi connectivity index (χ4n) is 1.88. The highest BCUT2D eigenvalue weighted by Gasteiger charge is 2.24. The van der Waals surface area contributed by atoms with Crippen LogP contribution in [0.1, 0.15) is 26.3 Å². The van der Waals surface area contributed by atoms with Gasteiger partial charge in [0.15, 0.2) is 0 Å². The van der Waals surface area contributed by atoms with E-state index in [2.05, 4.69) is 0 Å². The first-order valence-electron chi connectivity index (χ1n) is 6.16. The van der Waals surface area contributed by atoms with Crippen LogP contribution in [0.2, 0.25) is 5.02 Å². The number of carbonyl (C=O) groups is 2. The number of carbonyl (C=O) groups excluding carboxylic acids is 2. The minimum absolute atomic E-state index is 0.117. The summed E-state index contributed by atoms with van der Waals surface area (Å²) in [5.74, 6) is 3.73. The number of rotatable bonds is 2. The Labute approximate surface area is 145 Å². The molecule has 2 rings (SSSR count). The third kappa shape index (κ3) is 3.29. The Morgan fingerprint density at radius 1 is 1.23 bits per heavy atom. The van der Waals surface area contributed by atoms with E-state index in [0.29, 0.717) is 10.6 Å². The van der Waals surface area contributed by atoms with Crippen molar-refractivity contribution in [2.75, 3.05) is 0 Å². The number of benzene rings is 2. The van der Waals surface area contributed by atoms with Crippen LogP contribution < -0.4 is 5.84 Å². The summed E-state index contributed by atoms with van der Waals surface area (Å²) in [7, 11) is 0. The van der Waals surface area contributed by atoms with E-state index in [4.69, 9.17) is 17.4 Å². The molecule has 4 nitrogen and oxygen atoms in total. The van der Waals surface area contributed by atoms with Crippen LogP contribution in [0.25, 0.3) is 0 Å². The molecule has 2 aromatic rings. The van der Waals surface area contributed by atoms with Gasteiger partial charge >= 0.3 is 0 Å². The SMILES string of the molecule is Cc1cccc(Cl)c1C(=O)N(N)C(=O)c1ccc(F)c(I)c1. The van der Waals surface area contributed by atoms with E-state index in [1.165, 1.54) is 12.1 Å². The molecule has 2 amide bonds. The highest BCUT2D eigenvalue weighted by atomic mass is 127. The molecular formula is C15H11ClFIN2O2. The van der Waals surface area contributed by atoms with Gasteiger partial charge in [-0.25, -0.2) is 15.2 Å². The smallest absolute Gasteiger partial charge is 0.267 e. The molecule has 0 aliphatic carbocycles. The lowest BCUT2D eigenvalue weighted by Gasteiger charge is -2.17. The normalized spacial score (nSPS) is 10.4. The molecular weight excluding hydrogens is 422 g/mol. The zero-order valence-electron chi connectivity index (χ0n) is 11.4. The second-order valence-electron chi connectivity index (χ2n) is 4.54. The highest BCUT2D eigenvalue weighted by molar-refractivity contribution is 14.1. The average Bonchev–Trinajstić information content (AvgIpc) is 2.48. The van der Waals surface area contributed by atoms with Gasteiger partial charge in [0.1, 0.15) is 5.82 Å². The van der Waals surface area contributed by atoms with E-state index in [1.54, 1.807) is 47.7 Å². The van der Waals surface area contributed by atoms with Crippen LogP contribution in [-0.4, -0.2) is 16.8 Å². The second-order valence-corrected chi connectivity index (χ2v) is 6.11. The third-order valence-corrected chi connectivity index (χ3v) is 4.18. The number of hydrogen-bond acceptors (Lipinski definition) is 3. The summed E-state index contributed by atoms with van der Waals surface area (Å²) in [4.78, 5) is 24.6. The van der Waals surface area contributed by atoms with Crippen LogP contribution in [0.4, 0.5) is 4.39 Å². The van der Waals surface area contributed by atoms with Crippen molar-refractivity contribution in [2.24, 2.45) is 5.84 Å². The Kier molecular flexibility index (Phi) is 5.15. The fraction of sp³-hybridized carbons (Fsp3) is 0.0667. The molecule has 0 aromatic heterocycles. The number of nitrogens with zero attached hydrogens (tertiary/aromatic N) is 1. The van der Waals surface area contributed by atoms with E-state index >= 15 is 0 Å². The van der Waals surface area contributed by atoms with E-state index in [1.807, 2.05) is 0 Å². The molecule has 22 heavy (non-hydrogen) atoms. The molecule has 0 unspecified atom stereocenters. The van der Waals surface area contributed by atoms with Gasteiger partial charge in [-0.1, -0.05) is 23.7 Å². The van der Waals surface area contributed by atoms with Gasteiger partial charge in [-0.05, 0) is 59.3 Å². The van der Waals surface area contributed by atoms with E-state index in [9.17, 15) is 14.0 Å². The van der Waals surface area contributed by atoms with Crippen molar-refractivity contribution in [3.8, 4) is 0 Å². The van der Waals surface area contributed by atoms with Crippen LogP contribution in [0, 0.1) is 16.3 Å². The molecule has 0 fully saturated rings. The predicted molar refractivity (Wildman–Crippen MR) is 90.0 cm³/mol. The summed E-state index contributed by atoms with van der Waals surface area (Å²) in [6.07, 6.45) is 0. The van der Waals surface area contributed by atoms with Gasteiger partial charge in [0.05, 0.1) is 10.6 Å². The summed E-state index contributed by atoms with van der Waals surface area (Å²) in [6, 6.07) is 8.67. The molecule has 7 heteroatoms. The van der Waals surface area contributed by atoms with Crippen molar-refractivity contribution < 1.29 is 14.0 Å². The fourth-order valence-corrected chi connectivity index (χ4v) is 2.70. The summed E-state index contributed by atoms with van der Waals surface area (Å²) in [5.41, 5.74) is 0.887. The quantitative estimate of drug-likeness (QED) is 0.260. The lowest BCUT2D eigenvalue weighted by molar-refractivity contribution is 0.0615. The second kappa shape index (κ2) is 6.72. The molecule has 0 spiro atoms. The third-order valence-electron chi connectivity index (χ3n) is 3.04. The van der Waals surface area contributed by atoms with Crippen molar-refractivity contribution in [3.05, 3.63) is 67.5 Å². The average molecular weight is 433 g/mol. The van der Waals surface area contributed by atoms with Gasteiger partial charge in [-0.15, -0.1) is 0 Å². The van der Waals surface area contributed by atoms with Gasteiger partial charge in [0.2, 0.25) is 0 Å². The van der Waals surface area contributed by atoms with Crippen LogP contribution in [0.5, 0.6) is 0 Å². The van der Waals surface area contributed by atoms with Gasteiger partial charge < -0.3 is 0 Å². The lowest BCUT2D eigenvalue weighted by atomic mass is 10.1. The topological polar surface area (TPSA) is 63.4 Å². The summed E-state index contributed by atoms with van der Waals surface area (Å²) in [6.45, 7) is 1.69. The monoisotopic (exact) mass is 432 g/mol. The van der Waals surface area contributed by atoms with Crippen LogP contribution in [0.15, 0.2) is 36.4 Å². The number of hydrogen-bond donors (Lipinski definition) is 1. The van der Waals surface area contributed by atoms with Gasteiger partial charge in [0.25, 0.3) is 11.8 Å². The molecule has 0 aliphatic heterocycles. The van der Waals surface area contributed by atoms with Crippen molar-refractivity contribution in [1.82, 2.24) is 5.01 Å². The Balaban J connectivity index is 2.34. The summed E-state index contributed by atoms with van der Waals surface area (Å²) < 4.78 is 13.5. The molecule has 0 saturated carbocycles. The van der Waals surface area contributed by atoms with E-state index in [-0.39, 0.29) is 19.7 Å². The van der Waals surface area contributed by atoms with Gasteiger partial charge in [-0.2, -0.15) is 0 Å². The van der Waals surface area contributed by atoms with Crippen molar-refractivity contribution in [2.45, 2.75) is 6.92 Å². The molecule has 0 heterocycles. The van der Waals surface area contributed by atoms with Crippen molar-refractivity contribution >= 4 is 46.0 Å². The number of amides is 2. The van der Waals surface area contributed by atoms with Gasteiger partial charge in [-0.3, -0.25) is 9.59 Å². The molecule has 2 N–H and O–H groups in total. The van der Waals surface area contributed by atoms with E-state index in [0.717, 1.165) is 6.07 Å². The molecule has 0 radical (unpaired) electrons. The maximum absolute atomic E-state index is 13.2. The predicted octanol–water partition coefficient (Wildman–Crippen LogP) is 3.55. The summed E-state index contributed by atoms with van der Waals surface area (Å²) in [5, 5.41) is 0.694. The van der Waals surface area contributed by atoms with Crippen molar-refractivity contribution in [1.29, 1.82) is 0 Å². The Morgan fingerprint density at radius 2 is 1.91 bits per heavy atom. The first-order chi connectivity index (χ1) is 10.3. The Bertz CT molecular complexity index is 747. The first-order valence-corrected chi connectivity index (χ1v) is 7.62. The molecule has 0 atom stereocenters. The zero-order valence-corrected chi connectivity index (χ0v) is 14.4. The highest BCUT2D eigenvalue weighted by Crippen LogP contribution is 2.21. The molecule has 0 aliphatic rings. The Morgan fingerprint density at radius 3 is 2.50 bits per heavy atom. The first kappa shape index (κ1) is 16.9. The minimum atomic E-state index is -0.734. The van der Waals surface area contributed by atoms with Crippen LogP contribution >= 0.6 is 34.2 Å². The lowest BCUT2D eigenvalue weighted by Crippen LogP contribution is -2.43. The standard InChI is InChI=1S/C15H11ClFIN2O2/c1-8-3-2-4-10(16)13(8)15(22)20(19)14(21)9-5-6-11(17)12(18)7-9/h2-7H,19H2,1H3. The maximum atomic E-state index is 13.2. The van der Waals surface area contributed by atoms with Crippen LogP contribution in [-0.2, 0) is 0 Å². The van der Waals surface area contributed by atoms with E-state index < -0.39 is 17.6 Å². The number of aryl methyl sites for hydroxylation is 1. The number of halogens is 3. The largest absolute Gasteiger partial charge is 0.276 e. The maximum Gasteiger partial charge on any atom is 0.276 e. The Hall–Kier alpha value is -1.51. The van der Waals surface area contributed by atoms with Crippen LogP contribution in [0.3, 0.4) is 0 Å². The summed E-state index contributed by atoms with van der Waals surface area (Å²) >= 11 is 7.75. The molecule has 2 aromatic carbocycles. The molecule has 0 saturated heterocycles. The zero-order chi connectivity index (χ0) is 16.4. The number of imide groups is 1. The van der Waals surface area contributed by atoms with Crippen molar-refractivity contribution in [3.63, 3.8) is 0 Å². The molecule has 114 valence electrons. The number of hydrazine groups is 1. The number of nitrogens with two attached hydrogens (primary N) is 1.